The average molecular weight is 420 g/mol. The monoisotopic (exact) mass is 420 g/mol. The lowest BCUT2D eigenvalue weighted by Gasteiger charge is -2.32. The second-order valence-electron chi connectivity index (χ2n) is 7.51. The molecule has 0 bridgehead atoms. The number of nitrogens with zero attached hydrogens (tertiary/aromatic N) is 3. The van der Waals surface area contributed by atoms with Gasteiger partial charge in [-0.15, -0.1) is 0 Å². The number of nitrogens with one attached hydrogen (secondary N) is 1. The highest BCUT2D eigenvalue weighted by atomic mass is 19.1. The van der Waals surface area contributed by atoms with E-state index in [4.69, 9.17) is 4.74 Å². The number of aromatic nitrogens is 2. The molecule has 31 heavy (non-hydrogen) atoms. The second-order valence-corrected chi connectivity index (χ2v) is 7.51. The molecule has 1 unspecified atom stereocenters. The molecule has 2 heterocycles. The maximum Gasteiger partial charge on any atom is 0.229 e. The van der Waals surface area contributed by atoms with E-state index < -0.39 is 0 Å². The molecule has 2 aromatic carbocycles. The summed E-state index contributed by atoms with van der Waals surface area (Å²) < 4.78 is 18.9. The lowest BCUT2D eigenvalue weighted by Crippen LogP contribution is -2.41. The van der Waals surface area contributed by atoms with Crippen LogP contribution in [0, 0.1) is 11.7 Å². The third-order valence-electron chi connectivity index (χ3n) is 5.30. The lowest BCUT2D eigenvalue weighted by atomic mass is 9.97. The first-order valence-electron chi connectivity index (χ1n) is 10.5. The van der Waals surface area contributed by atoms with E-state index in [-0.39, 0.29) is 17.6 Å². The number of hydrogen-bond acceptors (Lipinski definition) is 5. The van der Waals surface area contributed by atoms with Gasteiger partial charge in [-0.1, -0.05) is 12.1 Å². The van der Waals surface area contributed by atoms with E-state index >= 15 is 0 Å². The highest BCUT2D eigenvalue weighted by Gasteiger charge is 2.27. The van der Waals surface area contributed by atoms with Crippen LogP contribution >= 0.6 is 0 Å². The van der Waals surface area contributed by atoms with E-state index in [9.17, 15) is 9.18 Å². The maximum absolute atomic E-state index is 13.5. The quantitative estimate of drug-likeness (QED) is 0.634. The summed E-state index contributed by atoms with van der Waals surface area (Å²) in [5.74, 6) is 0.915. The van der Waals surface area contributed by atoms with E-state index in [1.807, 2.05) is 42.2 Å². The number of rotatable bonds is 6. The molecule has 1 aliphatic heterocycles. The van der Waals surface area contributed by atoms with Gasteiger partial charge in [-0.2, -0.15) is 0 Å². The van der Waals surface area contributed by atoms with Crippen LogP contribution in [-0.4, -0.2) is 35.6 Å². The zero-order valence-electron chi connectivity index (χ0n) is 17.4. The number of amides is 1. The third-order valence-corrected chi connectivity index (χ3v) is 5.30. The first kappa shape index (κ1) is 20.8. The van der Waals surface area contributed by atoms with Crippen LogP contribution in [0.5, 0.6) is 5.75 Å². The van der Waals surface area contributed by atoms with Gasteiger partial charge in [0.15, 0.2) is 0 Å². The van der Waals surface area contributed by atoms with Crippen molar-refractivity contribution in [2.24, 2.45) is 5.92 Å². The summed E-state index contributed by atoms with van der Waals surface area (Å²) in [7, 11) is 0. The van der Waals surface area contributed by atoms with Crippen molar-refractivity contribution >= 4 is 17.5 Å². The molecule has 0 radical (unpaired) electrons. The van der Waals surface area contributed by atoms with Gasteiger partial charge >= 0.3 is 0 Å². The fourth-order valence-electron chi connectivity index (χ4n) is 3.72. The molecule has 0 aliphatic carbocycles. The van der Waals surface area contributed by atoms with Crippen LogP contribution in [0.2, 0.25) is 0 Å². The Morgan fingerprint density at radius 2 is 1.94 bits per heavy atom. The summed E-state index contributed by atoms with van der Waals surface area (Å²) in [4.78, 5) is 23.7. The van der Waals surface area contributed by atoms with Crippen LogP contribution < -0.4 is 15.0 Å². The molecular formula is C24H25FN4O2. The highest BCUT2D eigenvalue weighted by Crippen LogP contribution is 2.24. The average Bonchev–Trinajstić information content (AvgIpc) is 2.81. The Kier molecular flexibility index (Phi) is 6.40. The number of halogens is 1. The van der Waals surface area contributed by atoms with Gasteiger partial charge in [-0.25, -0.2) is 14.4 Å². The van der Waals surface area contributed by atoms with Crippen LogP contribution in [0.15, 0.2) is 60.9 Å². The van der Waals surface area contributed by atoms with Crippen molar-refractivity contribution in [2.75, 3.05) is 29.9 Å². The standard InChI is InChI=1S/C24H25FN4O2/c1-2-31-22-10-8-21(9-11-22)28-23(30)18-6-4-12-29(16-18)24-26-14-19(15-27-24)17-5-3-7-20(25)13-17/h3,5,7-11,13-15,18H,2,4,6,12,16H2,1H3,(H,28,30). The Hall–Kier alpha value is -3.48. The van der Waals surface area contributed by atoms with E-state index in [2.05, 4.69) is 15.3 Å². The van der Waals surface area contributed by atoms with Crippen molar-refractivity contribution in [3.8, 4) is 16.9 Å². The van der Waals surface area contributed by atoms with Gasteiger partial charge in [0.1, 0.15) is 11.6 Å². The molecule has 0 saturated carbocycles. The van der Waals surface area contributed by atoms with Crippen LogP contribution in [0.3, 0.4) is 0 Å². The van der Waals surface area contributed by atoms with Crippen molar-refractivity contribution in [1.29, 1.82) is 0 Å². The summed E-state index contributed by atoms with van der Waals surface area (Å²) in [5.41, 5.74) is 2.24. The summed E-state index contributed by atoms with van der Waals surface area (Å²) in [6.45, 7) is 3.90. The molecule has 1 N–H and O–H groups in total. The molecule has 1 amide bonds. The first-order valence-corrected chi connectivity index (χ1v) is 10.5. The molecule has 160 valence electrons. The Labute approximate surface area is 181 Å². The molecule has 3 aromatic rings. The van der Waals surface area contributed by atoms with Crippen LogP contribution in [-0.2, 0) is 4.79 Å². The van der Waals surface area contributed by atoms with Gasteiger partial charge in [0.2, 0.25) is 11.9 Å². The van der Waals surface area contributed by atoms with Gasteiger partial charge in [0.05, 0.1) is 12.5 Å². The molecule has 7 heteroatoms. The zero-order valence-corrected chi connectivity index (χ0v) is 17.4. The Morgan fingerprint density at radius 1 is 1.16 bits per heavy atom. The number of ether oxygens (including phenoxy) is 1. The fraction of sp³-hybridized carbons (Fsp3) is 0.292. The van der Waals surface area contributed by atoms with Crippen molar-refractivity contribution < 1.29 is 13.9 Å². The largest absolute Gasteiger partial charge is 0.494 e. The molecular weight excluding hydrogens is 395 g/mol. The zero-order chi connectivity index (χ0) is 21.6. The van der Waals surface area contributed by atoms with Crippen molar-refractivity contribution in [3.63, 3.8) is 0 Å². The molecule has 1 fully saturated rings. The van der Waals surface area contributed by atoms with Crippen LogP contribution in [0.1, 0.15) is 19.8 Å². The molecule has 6 nitrogen and oxygen atoms in total. The van der Waals surface area contributed by atoms with Crippen LogP contribution in [0.25, 0.3) is 11.1 Å². The van der Waals surface area contributed by atoms with E-state index in [0.29, 0.717) is 19.1 Å². The number of benzene rings is 2. The number of carbonyl (C=O) groups is 1. The van der Waals surface area contributed by atoms with E-state index in [1.54, 1.807) is 18.5 Å². The van der Waals surface area contributed by atoms with Gasteiger partial charge in [-0.05, 0) is 61.7 Å². The minimum atomic E-state index is -0.293. The van der Waals surface area contributed by atoms with Crippen molar-refractivity contribution in [2.45, 2.75) is 19.8 Å². The minimum absolute atomic E-state index is 0.00904. The maximum atomic E-state index is 13.5. The fourth-order valence-corrected chi connectivity index (χ4v) is 3.72. The normalized spacial score (nSPS) is 16.1. The molecule has 0 spiro atoms. The van der Waals surface area contributed by atoms with Crippen molar-refractivity contribution in [3.05, 3.63) is 66.7 Å². The SMILES string of the molecule is CCOc1ccc(NC(=O)C2CCCN(c3ncc(-c4cccc(F)c4)cn3)C2)cc1. The molecule has 4 rings (SSSR count). The molecule has 1 aromatic heterocycles. The molecule has 1 atom stereocenters. The summed E-state index contributed by atoms with van der Waals surface area (Å²) >= 11 is 0. The lowest BCUT2D eigenvalue weighted by molar-refractivity contribution is -0.120. The van der Waals surface area contributed by atoms with Crippen molar-refractivity contribution in [1.82, 2.24) is 9.97 Å². The number of carbonyl (C=O) groups excluding carboxylic acids is 1. The third kappa shape index (κ3) is 5.17. The van der Waals surface area contributed by atoms with Gasteiger partial charge in [-0.3, -0.25) is 4.79 Å². The summed E-state index contributed by atoms with van der Waals surface area (Å²) in [6, 6.07) is 13.7. The summed E-state index contributed by atoms with van der Waals surface area (Å²) in [5, 5.41) is 2.99. The van der Waals surface area contributed by atoms with Gasteiger partial charge in [0.25, 0.3) is 0 Å². The molecule has 1 saturated heterocycles. The van der Waals surface area contributed by atoms with Gasteiger partial charge < -0.3 is 15.0 Å². The predicted molar refractivity (Wildman–Crippen MR) is 119 cm³/mol. The van der Waals surface area contributed by atoms with Crippen LogP contribution in [0.4, 0.5) is 16.0 Å². The van der Waals surface area contributed by atoms with E-state index in [0.717, 1.165) is 42.0 Å². The Morgan fingerprint density at radius 3 is 2.65 bits per heavy atom. The molecule has 1 aliphatic rings. The topological polar surface area (TPSA) is 67.3 Å². The minimum Gasteiger partial charge on any atom is -0.494 e. The number of piperidine rings is 1. The predicted octanol–water partition coefficient (Wildman–Crippen LogP) is 4.54. The van der Waals surface area contributed by atoms with Gasteiger partial charge in [0, 0.05) is 36.7 Å². The number of anilines is 2. The smallest absolute Gasteiger partial charge is 0.229 e. The number of hydrogen-bond donors (Lipinski definition) is 1. The highest BCUT2D eigenvalue weighted by molar-refractivity contribution is 5.93. The second kappa shape index (κ2) is 9.55. The van der Waals surface area contributed by atoms with E-state index in [1.165, 1.54) is 12.1 Å². The first-order chi connectivity index (χ1) is 15.1. The Balaban J connectivity index is 1.39. The Bertz CT molecular complexity index is 1020. The summed E-state index contributed by atoms with van der Waals surface area (Å²) in [6.07, 6.45) is 5.10.